The summed E-state index contributed by atoms with van der Waals surface area (Å²) in [5.41, 5.74) is 1.32. The minimum absolute atomic E-state index is 0.0729. The summed E-state index contributed by atoms with van der Waals surface area (Å²) >= 11 is 0. The lowest BCUT2D eigenvalue weighted by Gasteiger charge is -2.36. The van der Waals surface area contributed by atoms with Crippen molar-refractivity contribution >= 4 is 11.9 Å². The number of ether oxygens (including phenoxy) is 1. The van der Waals surface area contributed by atoms with Gasteiger partial charge < -0.3 is 24.7 Å². The first-order chi connectivity index (χ1) is 15.2. The average molecular weight is 426 g/mol. The van der Waals surface area contributed by atoms with E-state index in [1.165, 1.54) is 5.56 Å². The largest absolute Gasteiger partial charge is 0.467 e. The van der Waals surface area contributed by atoms with Crippen LogP contribution in [0.2, 0.25) is 0 Å². The second-order valence-electron chi connectivity index (χ2n) is 7.86. The van der Waals surface area contributed by atoms with Crippen molar-refractivity contribution in [3.63, 3.8) is 0 Å². The normalized spacial score (nSPS) is 21.7. The number of carbonyl (C=O) groups excluding carboxylic acids is 1. The Hall–Kier alpha value is -2.84. The summed E-state index contributed by atoms with van der Waals surface area (Å²) in [5.74, 6) is 1.35. The van der Waals surface area contributed by atoms with E-state index in [4.69, 9.17) is 9.15 Å². The molecule has 2 saturated heterocycles. The van der Waals surface area contributed by atoms with E-state index in [2.05, 4.69) is 49.7 Å². The van der Waals surface area contributed by atoms with Crippen LogP contribution in [0.5, 0.6) is 0 Å². The minimum Gasteiger partial charge on any atom is -0.467 e. The summed E-state index contributed by atoms with van der Waals surface area (Å²) in [5, 5.41) is 6.17. The summed E-state index contributed by atoms with van der Waals surface area (Å²) in [6, 6.07) is 14.5. The van der Waals surface area contributed by atoms with Crippen molar-refractivity contribution in [1.82, 2.24) is 20.4 Å². The Morgan fingerprint density at radius 2 is 2.03 bits per heavy atom. The van der Waals surface area contributed by atoms with Crippen LogP contribution in [0.15, 0.2) is 58.1 Å². The van der Waals surface area contributed by atoms with Gasteiger partial charge in [-0.3, -0.25) is 9.69 Å². The smallest absolute Gasteiger partial charge is 0.242 e. The predicted octanol–water partition coefficient (Wildman–Crippen LogP) is 1.45. The molecule has 2 N–H and O–H groups in total. The van der Waals surface area contributed by atoms with Gasteiger partial charge in [-0.1, -0.05) is 30.3 Å². The lowest BCUT2D eigenvalue weighted by Crippen LogP contribution is -2.50. The number of furan rings is 1. The highest BCUT2D eigenvalue weighted by molar-refractivity contribution is 5.85. The molecule has 8 heteroatoms. The highest BCUT2D eigenvalue weighted by Gasteiger charge is 2.41. The zero-order valence-corrected chi connectivity index (χ0v) is 18.0. The van der Waals surface area contributed by atoms with E-state index in [1.54, 1.807) is 12.3 Å². The molecule has 0 radical (unpaired) electrons. The molecule has 4 rings (SSSR count). The maximum Gasteiger partial charge on any atom is 0.242 e. The maximum absolute atomic E-state index is 12.2. The molecule has 2 fully saturated rings. The van der Waals surface area contributed by atoms with Crippen molar-refractivity contribution < 1.29 is 13.9 Å². The average Bonchev–Trinajstić information content (AvgIpc) is 3.46. The molecule has 2 unspecified atom stereocenters. The molecule has 3 heterocycles. The molecule has 2 aliphatic rings. The van der Waals surface area contributed by atoms with Crippen LogP contribution in [-0.2, 0) is 22.6 Å². The van der Waals surface area contributed by atoms with Crippen molar-refractivity contribution in [2.75, 3.05) is 39.3 Å². The Bertz CT molecular complexity index is 855. The fraction of sp³-hybridized carbons (Fsp3) is 0.478. The van der Waals surface area contributed by atoms with Crippen LogP contribution in [0.3, 0.4) is 0 Å². The summed E-state index contributed by atoms with van der Waals surface area (Å²) in [7, 11) is 0. The number of morpholine rings is 1. The molecule has 2 atom stereocenters. The molecule has 0 spiro atoms. The molecule has 1 amide bonds. The summed E-state index contributed by atoms with van der Waals surface area (Å²) < 4.78 is 11.3. The van der Waals surface area contributed by atoms with Gasteiger partial charge in [0.25, 0.3) is 0 Å². The van der Waals surface area contributed by atoms with Crippen molar-refractivity contribution in [3.05, 3.63) is 60.1 Å². The van der Waals surface area contributed by atoms with Gasteiger partial charge in [-0.2, -0.15) is 0 Å². The van der Waals surface area contributed by atoms with Crippen LogP contribution >= 0.6 is 0 Å². The number of carbonyl (C=O) groups is 1. The molecule has 166 valence electrons. The molecule has 2 aliphatic heterocycles. The lowest BCUT2D eigenvalue weighted by molar-refractivity contribution is -0.119. The SMILES string of the molecule is CCNC(=NCC(=O)NCc1ccco1)N1CC2OCCN(Cc3ccccc3)C2C1. The van der Waals surface area contributed by atoms with Crippen molar-refractivity contribution in [3.8, 4) is 0 Å². The van der Waals surface area contributed by atoms with Gasteiger partial charge in [0.1, 0.15) is 12.3 Å². The zero-order chi connectivity index (χ0) is 21.5. The summed E-state index contributed by atoms with van der Waals surface area (Å²) in [6.07, 6.45) is 1.74. The van der Waals surface area contributed by atoms with E-state index in [9.17, 15) is 4.79 Å². The standard InChI is InChI=1S/C23H31N5O3/c1-2-24-23(26-14-22(29)25-13-19-9-6-11-30-19)28-16-20-21(17-28)31-12-10-27(20)15-18-7-4-3-5-8-18/h3-9,11,20-21H,2,10,12-17H2,1H3,(H,24,26)(H,25,29). The lowest BCUT2D eigenvalue weighted by atomic mass is 10.1. The summed E-state index contributed by atoms with van der Waals surface area (Å²) in [4.78, 5) is 21.5. The van der Waals surface area contributed by atoms with Gasteiger partial charge in [0.05, 0.1) is 31.6 Å². The third kappa shape index (κ3) is 5.65. The van der Waals surface area contributed by atoms with E-state index < -0.39 is 0 Å². The number of hydrogen-bond acceptors (Lipinski definition) is 5. The van der Waals surface area contributed by atoms with Gasteiger partial charge in [-0.15, -0.1) is 0 Å². The number of fused-ring (bicyclic) bond motifs is 1. The van der Waals surface area contributed by atoms with E-state index in [0.29, 0.717) is 12.6 Å². The number of aliphatic imine (C=N–C) groups is 1. The number of hydrogen-bond donors (Lipinski definition) is 2. The highest BCUT2D eigenvalue weighted by atomic mass is 16.5. The summed E-state index contributed by atoms with van der Waals surface area (Å²) in [6.45, 7) is 7.41. The van der Waals surface area contributed by atoms with Gasteiger partial charge in [0, 0.05) is 32.7 Å². The Morgan fingerprint density at radius 3 is 2.81 bits per heavy atom. The number of likely N-dealkylation sites (tertiary alicyclic amines) is 1. The molecule has 0 saturated carbocycles. The number of nitrogens with one attached hydrogen (secondary N) is 2. The van der Waals surface area contributed by atoms with Gasteiger partial charge >= 0.3 is 0 Å². The van der Waals surface area contributed by atoms with Crippen molar-refractivity contribution in [2.45, 2.75) is 32.2 Å². The van der Waals surface area contributed by atoms with Crippen LogP contribution in [0.1, 0.15) is 18.2 Å². The third-order valence-electron chi connectivity index (χ3n) is 5.69. The number of benzene rings is 1. The van der Waals surface area contributed by atoms with Crippen LogP contribution < -0.4 is 10.6 Å². The van der Waals surface area contributed by atoms with Gasteiger partial charge in [-0.05, 0) is 24.6 Å². The van der Waals surface area contributed by atoms with E-state index in [-0.39, 0.29) is 18.6 Å². The number of rotatable bonds is 7. The second kappa shape index (κ2) is 10.5. The van der Waals surface area contributed by atoms with Gasteiger partial charge in [0.2, 0.25) is 5.91 Å². The van der Waals surface area contributed by atoms with Crippen molar-refractivity contribution in [2.24, 2.45) is 4.99 Å². The minimum atomic E-state index is -0.134. The molecule has 31 heavy (non-hydrogen) atoms. The Balaban J connectivity index is 1.36. The van der Waals surface area contributed by atoms with Crippen molar-refractivity contribution in [1.29, 1.82) is 0 Å². The molecule has 8 nitrogen and oxygen atoms in total. The maximum atomic E-state index is 12.2. The topological polar surface area (TPSA) is 82.3 Å². The zero-order valence-electron chi connectivity index (χ0n) is 18.0. The van der Waals surface area contributed by atoms with Crippen LogP contribution in [0, 0.1) is 0 Å². The first-order valence-electron chi connectivity index (χ1n) is 10.9. The molecule has 1 aromatic carbocycles. The van der Waals surface area contributed by atoms with Crippen LogP contribution in [0.4, 0.5) is 0 Å². The Morgan fingerprint density at radius 1 is 1.16 bits per heavy atom. The fourth-order valence-corrected chi connectivity index (χ4v) is 4.17. The second-order valence-corrected chi connectivity index (χ2v) is 7.86. The Labute approximate surface area is 183 Å². The number of nitrogens with zero attached hydrogens (tertiary/aromatic N) is 3. The number of amides is 1. The molecular formula is C23H31N5O3. The van der Waals surface area contributed by atoms with E-state index >= 15 is 0 Å². The first kappa shape index (κ1) is 21.4. The molecule has 2 aromatic rings. The van der Waals surface area contributed by atoms with Crippen LogP contribution in [0.25, 0.3) is 0 Å². The monoisotopic (exact) mass is 425 g/mol. The van der Waals surface area contributed by atoms with Gasteiger partial charge in [0.15, 0.2) is 5.96 Å². The van der Waals surface area contributed by atoms with E-state index in [1.807, 2.05) is 19.1 Å². The van der Waals surface area contributed by atoms with Crippen LogP contribution in [-0.4, -0.2) is 73.1 Å². The molecular weight excluding hydrogens is 394 g/mol. The van der Waals surface area contributed by atoms with Gasteiger partial charge in [-0.25, -0.2) is 4.99 Å². The fourth-order valence-electron chi connectivity index (χ4n) is 4.17. The van der Waals surface area contributed by atoms with E-state index in [0.717, 1.165) is 51.1 Å². The number of guanidine groups is 1. The predicted molar refractivity (Wildman–Crippen MR) is 118 cm³/mol. The third-order valence-corrected chi connectivity index (χ3v) is 5.69. The quantitative estimate of drug-likeness (QED) is 0.516. The molecule has 0 aliphatic carbocycles. The highest BCUT2D eigenvalue weighted by Crippen LogP contribution is 2.24. The first-order valence-corrected chi connectivity index (χ1v) is 10.9. The Kier molecular flexibility index (Phi) is 7.22. The molecule has 0 bridgehead atoms. The molecule has 1 aromatic heterocycles.